The molecule has 2 heterocycles. The third-order valence-electron chi connectivity index (χ3n) is 5.50. The molecule has 6 nitrogen and oxygen atoms in total. The molecule has 158 valence electrons. The van der Waals surface area contributed by atoms with Gasteiger partial charge in [-0.2, -0.15) is 0 Å². The third kappa shape index (κ3) is 5.08. The number of amides is 1. The van der Waals surface area contributed by atoms with Gasteiger partial charge in [0.2, 0.25) is 5.91 Å². The average molecular weight is 445 g/mol. The summed E-state index contributed by atoms with van der Waals surface area (Å²) in [5, 5.41) is 13.3. The van der Waals surface area contributed by atoms with E-state index in [1.807, 2.05) is 41.0 Å². The highest BCUT2D eigenvalue weighted by Crippen LogP contribution is 2.27. The number of aromatic nitrogens is 3. The second-order valence-corrected chi connectivity index (χ2v) is 9.08. The van der Waals surface area contributed by atoms with Crippen molar-refractivity contribution in [2.75, 3.05) is 5.75 Å². The lowest BCUT2D eigenvalue weighted by Gasteiger charge is -2.29. The standard InChI is InChI=1S/C22H25ClN4O2S/c1-15-5-2-3-7-19(15)24-20(28)14-30-22-26-25-21(16-8-10-17(23)11-9-16)27(22)13-18-6-4-12-29-18/h4,6,8-12,15,19H,2-3,5,7,13-14H2,1H3,(H,24,28)/t15-,19-/m1/s1. The topological polar surface area (TPSA) is 73.0 Å². The van der Waals surface area contributed by atoms with Crippen LogP contribution in [0.3, 0.4) is 0 Å². The molecule has 0 bridgehead atoms. The summed E-state index contributed by atoms with van der Waals surface area (Å²) in [6.45, 7) is 2.71. The summed E-state index contributed by atoms with van der Waals surface area (Å²) in [5.41, 5.74) is 0.908. The van der Waals surface area contributed by atoms with Crippen molar-refractivity contribution in [1.29, 1.82) is 0 Å². The van der Waals surface area contributed by atoms with Crippen LogP contribution in [0.1, 0.15) is 38.4 Å². The Morgan fingerprint density at radius 1 is 1.23 bits per heavy atom. The van der Waals surface area contributed by atoms with Gasteiger partial charge in [0.25, 0.3) is 0 Å². The number of nitrogens with zero attached hydrogens (tertiary/aromatic N) is 3. The molecule has 0 spiro atoms. The first-order valence-corrected chi connectivity index (χ1v) is 11.6. The van der Waals surface area contributed by atoms with E-state index in [1.165, 1.54) is 31.0 Å². The number of nitrogens with one attached hydrogen (secondary N) is 1. The van der Waals surface area contributed by atoms with Crippen LogP contribution in [0, 0.1) is 5.92 Å². The quantitative estimate of drug-likeness (QED) is 0.517. The molecule has 3 aromatic rings. The van der Waals surface area contributed by atoms with Gasteiger partial charge < -0.3 is 9.73 Å². The van der Waals surface area contributed by atoms with Crippen molar-refractivity contribution in [1.82, 2.24) is 20.1 Å². The summed E-state index contributed by atoms with van der Waals surface area (Å²) in [4.78, 5) is 12.6. The van der Waals surface area contributed by atoms with Crippen LogP contribution in [0.25, 0.3) is 11.4 Å². The van der Waals surface area contributed by atoms with Crippen LogP contribution in [-0.2, 0) is 11.3 Å². The fourth-order valence-corrected chi connectivity index (χ4v) is 4.69. The van der Waals surface area contributed by atoms with Gasteiger partial charge in [0, 0.05) is 16.6 Å². The van der Waals surface area contributed by atoms with E-state index in [1.54, 1.807) is 6.26 Å². The van der Waals surface area contributed by atoms with E-state index >= 15 is 0 Å². The highest BCUT2D eigenvalue weighted by molar-refractivity contribution is 7.99. The minimum absolute atomic E-state index is 0.0411. The maximum absolute atomic E-state index is 12.6. The zero-order valence-electron chi connectivity index (χ0n) is 16.9. The Kier molecular flexibility index (Phi) is 6.79. The molecule has 1 aromatic carbocycles. The van der Waals surface area contributed by atoms with Crippen LogP contribution in [0.4, 0.5) is 0 Å². The highest BCUT2D eigenvalue weighted by atomic mass is 35.5. The van der Waals surface area contributed by atoms with Crippen molar-refractivity contribution in [3.05, 3.63) is 53.4 Å². The molecular formula is C22H25ClN4O2S. The smallest absolute Gasteiger partial charge is 0.230 e. The monoisotopic (exact) mass is 444 g/mol. The van der Waals surface area contributed by atoms with Crippen LogP contribution in [0.15, 0.2) is 52.2 Å². The van der Waals surface area contributed by atoms with E-state index in [-0.39, 0.29) is 11.9 Å². The molecule has 30 heavy (non-hydrogen) atoms. The summed E-state index contributed by atoms with van der Waals surface area (Å²) >= 11 is 7.42. The fourth-order valence-electron chi connectivity index (χ4n) is 3.82. The maximum Gasteiger partial charge on any atom is 0.230 e. The molecule has 1 aliphatic rings. The van der Waals surface area contributed by atoms with Crippen LogP contribution < -0.4 is 5.32 Å². The predicted molar refractivity (Wildman–Crippen MR) is 119 cm³/mol. The maximum atomic E-state index is 12.6. The summed E-state index contributed by atoms with van der Waals surface area (Å²) in [5.74, 6) is 2.39. The molecule has 1 fully saturated rings. The van der Waals surface area contributed by atoms with E-state index in [2.05, 4.69) is 22.4 Å². The van der Waals surface area contributed by atoms with Crippen molar-refractivity contribution >= 4 is 29.3 Å². The molecule has 1 saturated carbocycles. The lowest BCUT2D eigenvalue weighted by Crippen LogP contribution is -2.41. The van der Waals surface area contributed by atoms with Gasteiger partial charge in [-0.1, -0.05) is 43.1 Å². The molecule has 4 rings (SSSR count). The van der Waals surface area contributed by atoms with Gasteiger partial charge in [-0.05, 0) is 55.2 Å². The number of furan rings is 1. The number of carbonyl (C=O) groups is 1. The molecule has 1 aliphatic carbocycles. The van der Waals surface area contributed by atoms with Crippen LogP contribution in [-0.4, -0.2) is 32.5 Å². The molecule has 0 saturated heterocycles. The highest BCUT2D eigenvalue weighted by Gasteiger charge is 2.23. The average Bonchev–Trinajstić information content (AvgIpc) is 3.39. The summed E-state index contributed by atoms with van der Waals surface area (Å²) in [6.07, 6.45) is 6.33. The summed E-state index contributed by atoms with van der Waals surface area (Å²) in [6, 6.07) is 11.5. The third-order valence-corrected chi connectivity index (χ3v) is 6.72. The van der Waals surface area contributed by atoms with E-state index in [0.29, 0.717) is 34.2 Å². The second kappa shape index (κ2) is 9.71. The Labute approximate surface area is 185 Å². The first-order chi connectivity index (χ1) is 14.6. The van der Waals surface area contributed by atoms with Crippen LogP contribution >= 0.6 is 23.4 Å². The number of hydrogen-bond acceptors (Lipinski definition) is 5. The molecule has 0 radical (unpaired) electrons. The van der Waals surface area contributed by atoms with Crippen molar-refractivity contribution in [3.8, 4) is 11.4 Å². The van der Waals surface area contributed by atoms with Crippen LogP contribution in [0.2, 0.25) is 5.02 Å². The van der Waals surface area contributed by atoms with Gasteiger partial charge in [0.15, 0.2) is 11.0 Å². The zero-order valence-corrected chi connectivity index (χ0v) is 18.5. The minimum atomic E-state index is 0.0411. The number of hydrogen-bond donors (Lipinski definition) is 1. The van der Waals surface area contributed by atoms with Gasteiger partial charge in [-0.25, -0.2) is 0 Å². The van der Waals surface area contributed by atoms with Gasteiger partial charge in [-0.3, -0.25) is 9.36 Å². The van der Waals surface area contributed by atoms with Crippen molar-refractivity contribution < 1.29 is 9.21 Å². The number of halogens is 1. The SMILES string of the molecule is C[C@@H]1CCCC[C@H]1NC(=O)CSc1nnc(-c2ccc(Cl)cc2)n1Cc1ccco1. The van der Waals surface area contributed by atoms with E-state index in [4.69, 9.17) is 16.0 Å². The van der Waals surface area contributed by atoms with Gasteiger partial charge in [-0.15, -0.1) is 10.2 Å². The van der Waals surface area contributed by atoms with Crippen molar-refractivity contribution in [2.45, 2.75) is 50.4 Å². The fraction of sp³-hybridized carbons (Fsp3) is 0.409. The van der Waals surface area contributed by atoms with Gasteiger partial charge >= 0.3 is 0 Å². The first kappa shape index (κ1) is 21.0. The van der Waals surface area contributed by atoms with Crippen LogP contribution in [0.5, 0.6) is 0 Å². The Hall–Kier alpha value is -2.25. The van der Waals surface area contributed by atoms with Gasteiger partial charge in [0.1, 0.15) is 5.76 Å². The number of thioether (sulfide) groups is 1. The minimum Gasteiger partial charge on any atom is -0.467 e. The lowest BCUT2D eigenvalue weighted by atomic mass is 9.86. The zero-order chi connectivity index (χ0) is 20.9. The number of benzene rings is 1. The first-order valence-electron chi connectivity index (χ1n) is 10.2. The van der Waals surface area contributed by atoms with Crippen molar-refractivity contribution in [3.63, 3.8) is 0 Å². The van der Waals surface area contributed by atoms with Crippen molar-refractivity contribution in [2.24, 2.45) is 5.92 Å². The molecule has 1 N–H and O–H groups in total. The molecule has 8 heteroatoms. The number of rotatable bonds is 7. The normalized spacial score (nSPS) is 19.0. The van der Waals surface area contributed by atoms with E-state index in [0.717, 1.165) is 17.7 Å². The predicted octanol–water partition coefficient (Wildman–Crippen LogP) is 5.03. The Balaban J connectivity index is 1.49. The van der Waals surface area contributed by atoms with E-state index < -0.39 is 0 Å². The Morgan fingerprint density at radius 2 is 2.03 bits per heavy atom. The molecule has 2 aromatic heterocycles. The Morgan fingerprint density at radius 3 is 2.77 bits per heavy atom. The lowest BCUT2D eigenvalue weighted by molar-refractivity contribution is -0.119. The molecule has 0 aliphatic heterocycles. The van der Waals surface area contributed by atoms with Gasteiger partial charge in [0.05, 0.1) is 18.6 Å². The molecule has 0 unspecified atom stereocenters. The summed E-state index contributed by atoms with van der Waals surface area (Å²) in [7, 11) is 0. The summed E-state index contributed by atoms with van der Waals surface area (Å²) < 4.78 is 7.50. The second-order valence-electron chi connectivity index (χ2n) is 7.70. The molecule has 1 amide bonds. The molecular weight excluding hydrogens is 420 g/mol. The Bertz CT molecular complexity index is 972. The van der Waals surface area contributed by atoms with E-state index in [9.17, 15) is 4.79 Å². The number of carbonyl (C=O) groups excluding carboxylic acids is 1. The largest absolute Gasteiger partial charge is 0.467 e. The molecule has 2 atom stereocenters.